The van der Waals surface area contributed by atoms with E-state index in [1.54, 1.807) is 29.2 Å². The number of carbonyl (C=O) groups excluding carboxylic acids is 2. The summed E-state index contributed by atoms with van der Waals surface area (Å²) in [6.45, 7) is 4.83. The summed E-state index contributed by atoms with van der Waals surface area (Å²) >= 11 is 0. The first-order valence-corrected chi connectivity index (χ1v) is 13.8. The fourth-order valence-corrected chi connectivity index (χ4v) is 4.85. The number of sulfonamides is 1. The van der Waals surface area contributed by atoms with Crippen molar-refractivity contribution in [2.75, 3.05) is 30.8 Å². The zero-order chi connectivity index (χ0) is 25.8. The number of ether oxygens (including phenoxy) is 1. The Morgan fingerprint density at radius 2 is 1.69 bits per heavy atom. The molecule has 192 valence electrons. The Kier molecular flexibility index (Phi) is 11.0. The molecule has 0 fully saturated rings. The van der Waals surface area contributed by atoms with Crippen LogP contribution in [0.3, 0.4) is 0 Å². The van der Waals surface area contributed by atoms with E-state index >= 15 is 0 Å². The minimum absolute atomic E-state index is 0.103. The number of nitrogens with one attached hydrogen (secondary N) is 1. The number of hydrogen-bond donors (Lipinski definition) is 1. The summed E-state index contributed by atoms with van der Waals surface area (Å²) in [7, 11) is -2.11. The van der Waals surface area contributed by atoms with Gasteiger partial charge in [-0.25, -0.2) is 8.42 Å². The number of methoxy groups -OCH3 is 1. The molecule has 0 aromatic heterocycles. The van der Waals surface area contributed by atoms with Gasteiger partial charge in [-0.1, -0.05) is 56.3 Å². The van der Waals surface area contributed by atoms with Gasteiger partial charge in [-0.05, 0) is 37.0 Å². The molecule has 0 spiro atoms. The smallest absolute Gasteiger partial charge is 0.242 e. The molecule has 2 aromatic carbocycles. The average molecular weight is 504 g/mol. The molecule has 0 bridgehead atoms. The molecule has 1 N–H and O–H groups in total. The maximum Gasteiger partial charge on any atom is 0.242 e. The fourth-order valence-electron chi connectivity index (χ4n) is 3.88. The SMILES string of the molecule is CCCNC(=O)[C@H](CC)N(Cc1ccccc1)C(=O)CCCN(c1ccccc1OC)S(C)(=O)=O. The summed E-state index contributed by atoms with van der Waals surface area (Å²) in [5.41, 5.74) is 1.35. The van der Waals surface area contributed by atoms with Crippen molar-refractivity contribution in [2.45, 2.75) is 52.1 Å². The van der Waals surface area contributed by atoms with Gasteiger partial charge in [0.25, 0.3) is 0 Å². The van der Waals surface area contributed by atoms with E-state index in [0.717, 1.165) is 18.2 Å². The normalized spacial score (nSPS) is 12.0. The molecule has 2 aromatic rings. The van der Waals surface area contributed by atoms with Crippen LogP contribution in [-0.4, -0.2) is 57.6 Å². The van der Waals surface area contributed by atoms with Gasteiger partial charge >= 0.3 is 0 Å². The lowest BCUT2D eigenvalue weighted by Gasteiger charge is -2.31. The molecule has 0 heterocycles. The van der Waals surface area contributed by atoms with Crippen LogP contribution in [0.4, 0.5) is 5.69 Å². The van der Waals surface area contributed by atoms with Crippen LogP contribution in [0.25, 0.3) is 0 Å². The van der Waals surface area contributed by atoms with Crippen molar-refractivity contribution in [3.05, 3.63) is 60.2 Å². The highest BCUT2D eigenvalue weighted by Gasteiger charge is 2.29. The number of amides is 2. The van der Waals surface area contributed by atoms with E-state index in [0.29, 0.717) is 37.4 Å². The van der Waals surface area contributed by atoms with Crippen LogP contribution >= 0.6 is 0 Å². The van der Waals surface area contributed by atoms with Gasteiger partial charge in [0.05, 0.1) is 19.1 Å². The molecular weight excluding hydrogens is 466 g/mol. The number of carbonyl (C=O) groups is 2. The third kappa shape index (κ3) is 8.28. The average Bonchev–Trinajstić information content (AvgIpc) is 2.85. The summed E-state index contributed by atoms with van der Waals surface area (Å²) in [6.07, 6.45) is 2.81. The Balaban J connectivity index is 2.20. The first-order valence-electron chi connectivity index (χ1n) is 11.9. The molecule has 0 unspecified atom stereocenters. The highest BCUT2D eigenvalue weighted by Crippen LogP contribution is 2.29. The van der Waals surface area contributed by atoms with Gasteiger partial charge in [0, 0.05) is 26.1 Å². The van der Waals surface area contributed by atoms with Crippen LogP contribution < -0.4 is 14.4 Å². The highest BCUT2D eigenvalue weighted by molar-refractivity contribution is 7.92. The van der Waals surface area contributed by atoms with Gasteiger partial charge in [-0.15, -0.1) is 0 Å². The van der Waals surface area contributed by atoms with Gasteiger partial charge in [0.15, 0.2) is 0 Å². The van der Waals surface area contributed by atoms with Gasteiger partial charge < -0.3 is 15.0 Å². The Bertz CT molecular complexity index is 1060. The van der Waals surface area contributed by atoms with Crippen LogP contribution in [0, 0.1) is 0 Å². The molecule has 0 aliphatic heterocycles. The zero-order valence-corrected chi connectivity index (χ0v) is 21.9. The summed E-state index contributed by atoms with van der Waals surface area (Å²) in [5, 5.41) is 2.90. The van der Waals surface area contributed by atoms with Crippen molar-refractivity contribution < 1.29 is 22.7 Å². The third-order valence-electron chi connectivity index (χ3n) is 5.64. The van der Waals surface area contributed by atoms with Crippen LogP contribution in [-0.2, 0) is 26.2 Å². The van der Waals surface area contributed by atoms with Gasteiger partial charge in [0.2, 0.25) is 21.8 Å². The topological polar surface area (TPSA) is 96.0 Å². The number of anilines is 1. The Hall–Kier alpha value is -3.07. The quantitative estimate of drug-likeness (QED) is 0.425. The molecule has 2 amide bonds. The lowest BCUT2D eigenvalue weighted by Crippen LogP contribution is -2.49. The Morgan fingerprint density at radius 1 is 1.03 bits per heavy atom. The van der Waals surface area contributed by atoms with Gasteiger partial charge in [0.1, 0.15) is 11.8 Å². The monoisotopic (exact) mass is 503 g/mol. The largest absolute Gasteiger partial charge is 0.495 e. The van der Waals surface area contributed by atoms with Crippen LogP contribution in [0.5, 0.6) is 5.75 Å². The van der Waals surface area contributed by atoms with E-state index < -0.39 is 16.1 Å². The highest BCUT2D eigenvalue weighted by atomic mass is 32.2. The number of hydrogen-bond acceptors (Lipinski definition) is 5. The predicted molar refractivity (Wildman–Crippen MR) is 139 cm³/mol. The molecule has 0 saturated heterocycles. The summed E-state index contributed by atoms with van der Waals surface area (Å²) in [6, 6.07) is 15.8. The third-order valence-corrected chi connectivity index (χ3v) is 6.82. The second-order valence-electron chi connectivity index (χ2n) is 8.33. The molecule has 0 aliphatic rings. The van der Waals surface area contributed by atoms with Crippen LogP contribution in [0.2, 0.25) is 0 Å². The fraction of sp³-hybridized carbons (Fsp3) is 0.462. The number of benzene rings is 2. The molecule has 8 nitrogen and oxygen atoms in total. The minimum atomic E-state index is -3.60. The molecule has 2 rings (SSSR count). The maximum atomic E-state index is 13.4. The molecule has 0 radical (unpaired) electrons. The van der Waals surface area contributed by atoms with Gasteiger partial charge in [-0.2, -0.15) is 0 Å². The zero-order valence-electron chi connectivity index (χ0n) is 21.1. The van der Waals surface area contributed by atoms with E-state index in [4.69, 9.17) is 4.74 Å². The standard InChI is InChI=1S/C26H37N3O5S/c1-5-18-27-26(31)22(6-2)28(20-21-13-8-7-9-14-21)25(30)17-12-19-29(35(4,32)33)23-15-10-11-16-24(23)34-3/h7-11,13-16,22H,5-6,12,17-20H2,1-4H3,(H,27,31)/t22-/m0/s1. The van der Waals surface area contributed by atoms with E-state index in [1.165, 1.54) is 11.4 Å². The first-order chi connectivity index (χ1) is 16.7. The summed E-state index contributed by atoms with van der Waals surface area (Å²) in [4.78, 5) is 27.8. The first kappa shape index (κ1) is 28.2. The predicted octanol–water partition coefficient (Wildman–Crippen LogP) is 3.58. The maximum absolute atomic E-state index is 13.4. The van der Waals surface area contributed by atoms with Crippen molar-refractivity contribution in [1.82, 2.24) is 10.2 Å². The van der Waals surface area contributed by atoms with Crippen LogP contribution in [0.15, 0.2) is 54.6 Å². The van der Waals surface area contributed by atoms with E-state index in [-0.39, 0.29) is 24.8 Å². The molecule has 0 aliphatic carbocycles. The summed E-state index contributed by atoms with van der Waals surface area (Å²) < 4.78 is 31.6. The summed E-state index contributed by atoms with van der Waals surface area (Å²) in [5.74, 6) is 0.0693. The lowest BCUT2D eigenvalue weighted by atomic mass is 10.1. The second kappa shape index (κ2) is 13.7. The number of rotatable bonds is 14. The Morgan fingerprint density at radius 3 is 2.29 bits per heavy atom. The van der Waals surface area contributed by atoms with Gasteiger partial charge in [-0.3, -0.25) is 13.9 Å². The molecule has 0 saturated carbocycles. The molecular formula is C26H37N3O5S. The lowest BCUT2D eigenvalue weighted by molar-refractivity contribution is -0.141. The number of para-hydroxylation sites is 2. The van der Waals surface area contributed by atoms with E-state index in [1.807, 2.05) is 44.2 Å². The van der Waals surface area contributed by atoms with Crippen molar-refractivity contribution in [3.63, 3.8) is 0 Å². The second-order valence-corrected chi connectivity index (χ2v) is 10.2. The number of nitrogens with zero attached hydrogens (tertiary/aromatic N) is 2. The van der Waals surface area contributed by atoms with Crippen molar-refractivity contribution in [1.29, 1.82) is 0 Å². The molecule has 1 atom stereocenters. The molecule has 35 heavy (non-hydrogen) atoms. The van der Waals surface area contributed by atoms with Crippen molar-refractivity contribution in [3.8, 4) is 5.75 Å². The van der Waals surface area contributed by atoms with Crippen LogP contribution in [0.1, 0.15) is 45.1 Å². The van der Waals surface area contributed by atoms with E-state index in [2.05, 4.69) is 5.32 Å². The minimum Gasteiger partial charge on any atom is -0.495 e. The van der Waals surface area contributed by atoms with Crippen molar-refractivity contribution >= 4 is 27.5 Å². The van der Waals surface area contributed by atoms with Crippen molar-refractivity contribution in [2.24, 2.45) is 0 Å². The Labute approximate surface area is 209 Å². The van der Waals surface area contributed by atoms with E-state index in [9.17, 15) is 18.0 Å². The molecule has 9 heteroatoms.